The number of nitrogens with zero attached hydrogens (tertiary/aromatic N) is 1. The molecule has 0 spiro atoms. The van der Waals surface area contributed by atoms with Crippen molar-refractivity contribution in [2.24, 2.45) is 0 Å². The predicted octanol–water partition coefficient (Wildman–Crippen LogP) is 2.21. The van der Waals surface area contributed by atoms with E-state index in [1.54, 1.807) is 0 Å². The molecule has 1 fully saturated rings. The first-order valence-electron chi connectivity index (χ1n) is 4.66. The Hall–Kier alpha value is 0.580. The quantitative estimate of drug-likeness (QED) is 0.585. The minimum absolute atomic E-state index is 0.0191. The van der Waals surface area contributed by atoms with Gasteiger partial charge in [-0.1, -0.05) is 22.6 Å². The molecule has 13 heavy (non-hydrogen) atoms. The zero-order valence-corrected chi connectivity index (χ0v) is 10.5. The van der Waals surface area contributed by atoms with Gasteiger partial charge in [-0.2, -0.15) is 0 Å². The number of alkyl halides is 2. The van der Waals surface area contributed by atoms with Gasteiger partial charge in [-0.3, -0.25) is 4.90 Å². The maximum Gasteiger partial charge on any atom is 0.119 e. The molecule has 1 saturated heterocycles. The van der Waals surface area contributed by atoms with Gasteiger partial charge in [0.1, 0.15) is 10.3 Å². The van der Waals surface area contributed by atoms with Crippen molar-refractivity contribution in [2.45, 2.75) is 42.7 Å². The van der Waals surface area contributed by atoms with Crippen LogP contribution in [0, 0.1) is 0 Å². The van der Waals surface area contributed by atoms with E-state index in [2.05, 4.69) is 22.6 Å². The largest absolute Gasteiger partial charge is 0.363 e. The van der Waals surface area contributed by atoms with Gasteiger partial charge in [0.25, 0.3) is 0 Å². The van der Waals surface area contributed by atoms with E-state index in [0.717, 1.165) is 6.54 Å². The van der Waals surface area contributed by atoms with Crippen molar-refractivity contribution in [2.75, 3.05) is 13.6 Å². The zero-order chi connectivity index (χ0) is 10.0. The molecule has 0 bridgehead atoms. The summed E-state index contributed by atoms with van der Waals surface area (Å²) in [4.78, 5) is 2.05. The molecule has 0 aliphatic carbocycles. The summed E-state index contributed by atoms with van der Waals surface area (Å²) in [6.07, 6.45) is -0.102. The Morgan fingerprint density at radius 2 is 2.15 bits per heavy atom. The van der Waals surface area contributed by atoms with E-state index in [1.165, 1.54) is 0 Å². The molecular weight excluding hydrogens is 284 g/mol. The van der Waals surface area contributed by atoms with Crippen LogP contribution in [0.4, 0.5) is 4.39 Å². The lowest BCUT2D eigenvalue weighted by Gasteiger charge is -2.28. The predicted molar refractivity (Wildman–Crippen MR) is 60.0 cm³/mol. The standard InChI is InChI=1S/C9H17FINO/c1-6(13-7(2)11)9-8(10)4-5-12(9)3/h6-9H,4-5H2,1-3H3/t6-,7?,8-,9+/m0/s1. The maximum atomic E-state index is 13.4. The van der Waals surface area contributed by atoms with E-state index in [-0.39, 0.29) is 16.3 Å². The molecule has 0 amide bonds. The summed E-state index contributed by atoms with van der Waals surface area (Å²) >= 11 is 2.20. The molecule has 0 N–H and O–H groups in total. The van der Waals surface area contributed by atoms with Gasteiger partial charge in [0.2, 0.25) is 0 Å². The molecule has 1 unspecified atom stereocenters. The molecule has 1 heterocycles. The van der Waals surface area contributed by atoms with Gasteiger partial charge < -0.3 is 4.74 Å². The van der Waals surface area contributed by atoms with Crippen LogP contribution in [0.1, 0.15) is 20.3 Å². The van der Waals surface area contributed by atoms with Crippen LogP contribution in [-0.4, -0.2) is 40.9 Å². The minimum Gasteiger partial charge on any atom is -0.363 e. The highest BCUT2D eigenvalue weighted by molar-refractivity contribution is 14.1. The number of ether oxygens (including phenoxy) is 1. The average Bonchev–Trinajstić information content (AvgIpc) is 2.29. The summed E-state index contributed by atoms with van der Waals surface area (Å²) in [7, 11) is 1.96. The summed E-state index contributed by atoms with van der Waals surface area (Å²) < 4.78 is 19.1. The number of likely N-dealkylation sites (N-methyl/N-ethyl adjacent to an activating group) is 1. The van der Waals surface area contributed by atoms with E-state index >= 15 is 0 Å². The third kappa shape index (κ3) is 3.02. The number of halogens is 2. The molecule has 4 heteroatoms. The fourth-order valence-electron chi connectivity index (χ4n) is 1.95. The highest BCUT2D eigenvalue weighted by atomic mass is 127. The SMILES string of the molecule is CC(I)O[C@@H](C)[C@@H]1[C@@H](F)CCN1C. The van der Waals surface area contributed by atoms with Crippen LogP contribution in [0.3, 0.4) is 0 Å². The van der Waals surface area contributed by atoms with Gasteiger partial charge in [0.15, 0.2) is 0 Å². The van der Waals surface area contributed by atoms with Gasteiger partial charge in [-0.05, 0) is 27.3 Å². The number of hydrogen-bond acceptors (Lipinski definition) is 2. The molecule has 1 aliphatic rings. The minimum atomic E-state index is -0.727. The molecular formula is C9H17FINO. The van der Waals surface area contributed by atoms with Crippen molar-refractivity contribution in [3.05, 3.63) is 0 Å². The molecule has 0 aromatic carbocycles. The van der Waals surface area contributed by atoms with Crippen LogP contribution in [0.25, 0.3) is 0 Å². The molecule has 0 radical (unpaired) electrons. The Kier molecular flexibility index (Phi) is 4.38. The highest BCUT2D eigenvalue weighted by Crippen LogP contribution is 2.24. The first-order chi connectivity index (χ1) is 6.02. The van der Waals surface area contributed by atoms with Gasteiger partial charge in [0, 0.05) is 6.54 Å². The lowest BCUT2D eigenvalue weighted by molar-refractivity contribution is -0.00288. The maximum absolute atomic E-state index is 13.4. The Morgan fingerprint density at radius 1 is 1.54 bits per heavy atom. The van der Waals surface area contributed by atoms with Crippen molar-refractivity contribution in [3.63, 3.8) is 0 Å². The van der Waals surface area contributed by atoms with Gasteiger partial charge in [-0.15, -0.1) is 0 Å². The molecule has 1 aliphatic heterocycles. The van der Waals surface area contributed by atoms with E-state index < -0.39 is 6.17 Å². The smallest absolute Gasteiger partial charge is 0.119 e. The zero-order valence-electron chi connectivity index (χ0n) is 8.34. The topological polar surface area (TPSA) is 12.5 Å². The molecule has 0 saturated carbocycles. The third-order valence-corrected chi connectivity index (χ3v) is 2.81. The van der Waals surface area contributed by atoms with Gasteiger partial charge in [0.05, 0.1) is 12.1 Å². The lowest BCUT2D eigenvalue weighted by atomic mass is 10.1. The lowest BCUT2D eigenvalue weighted by Crippen LogP contribution is -2.41. The van der Waals surface area contributed by atoms with Gasteiger partial charge in [-0.25, -0.2) is 4.39 Å². The summed E-state index contributed by atoms with van der Waals surface area (Å²) in [6, 6.07) is -0.0581. The highest BCUT2D eigenvalue weighted by Gasteiger charge is 2.36. The molecule has 0 aromatic rings. The van der Waals surface area contributed by atoms with Crippen molar-refractivity contribution in [1.82, 2.24) is 4.90 Å². The Labute approximate surface area is 93.0 Å². The van der Waals surface area contributed by atoms with E-state index in [1.807, 2.05) is 25.8 Å². The average molecular weight is 301 g/mol. The van der Waals surface area contributed by atoms with Crippen molar-refractivity contribution in [3.8, 4) is 0 Å². The third-order valence-electron chi connectivity index (χ3n) is 2.52. The fourth-order valence-corrected chi connectivity index (χ4v) is 2.41. The summed E-state index contributed by atoms with van der Waals surface area (Å²) in [5, 5.41) is 0. The molecule has 4 atom stereocenters. The Morgan fingerprint density at radius 3 is 2.54 bits per heavy atom. The first-order valence-corrected chi connectivity index (χ1v) is 5.90. The molecule has 0 aromatic heterocycles. The summed E-state index contributed by atoms with van der Waals surface area (Å²) in [5.74, 6) is 0. The normalized spacial score (nSPS) is 34.8. The van der Waals surface area contributed by atoms with Crippen molar-refractivity contribution < 1.29 is 9.13 Å². The van der Waals surface area contributed by atoms with Gasteiger partial charge >= 0.3 is 0 Å². The fraction of sp³-hybridized carbons (Fsp3) is 1.00. The molecule has 2 nitrogen and oxygen atoms in total. The Balaban J connectivity index is 2.48. The summed E-state index contributed by atoms with van der Waals surface area (Å²) in [5.41, 5.74) is 0. The van der Waals surface area contributed by atoms with Crippen LogP contribution >= 0.6 is 22.6 Å². The second kappa shape index (κ2) is 4.89. The van der Waals surface area contributed by atoms with E-state index in [4.69, 9.17) is 4.74 Å². The second-order valence-electron chi connectivity index (χ2n) is 3.66. The summed E-state index contributed by atoms with van der Waals surface area (Å²) in [6.45, 7) is 4.77. The van der Waals surface area contributed by atoms with Crippen molar-refractivity contribution >= 4 is 22.6 Å². The monoisotopic (exact) mass is 301 g/mol. The van der Waals surface area contributed by atoms with E-state index in [9.17, 15) is 4.39 Å². The van der Waals surface area contributed by atoms with Crippen LogP contribution in [0.5, 0.6) is 0 Å². The number of rotatable bonds is 3. The van der Waals surface area contributed by atoms with E-state index in [0.29, 0.717) is 6.42 Å². The van der Waals surface area contributed by atoms with Crippen molar-refractivity contribution in [1.29, 1.82) is 0 Å². The number of hydrogen-bond donors (Lipinski definition) is 0. The second-order valence-corrected chi connectivity index (χ2v) is 5.41. The van der Waals surface area contributed by atoms with Crippen LogP contribution in [0.2, 0.25) is 0 Å². The molecule has 78 valence electrons. The first kappa shape index (κ1) is 11.7. The number of likely N-dealkylation sites (tertiary alicyclic amines) is 1. The van der Waals surface area contributed by atoms with Crippen LogP contribution < -0.4 is 0 Å². The Bertz CT molecular complexity index is 158. The van der Waals surface area contributed by atoms with Crippen LogP contribution in [0.15, 0.2) is 0 Å². The molecule has 1 rings (SSSR count). The van der Waals surface area contributed by atoms with Crippen LogP contribution in [-0.2, 0) is 4.74 Å².